The molecule has 1 unspecified atom stereocenters. The number of ether oxygens (including phenoxy) is 2. The van der Waals surface area contributed by atoms with Crippen molar-refractivity contribution in [1.82, 2.24) is 0 Å². The lowest BCUT2D eigenvalue weighted by molar-refractivity contribution is -0.142. The fourth-order valence-electron chi connectivity index (χ4n) is 0.694. The highest BCUT2D eigenvalue weighted by molar-refractivity contribution is 7.99. The summed E-state index contributed by atoms with van der Waals surface area (Å²) in [6.45, 7) is 0. The maximum absolute atomic E-state index is 10.8. The van der Waals surface area contributed by atoms with E-state index in [0.717, 1.165) is 0 Å². The molecule has 0 aliphatic rings. The second-order valence-electron chi connectivity index (χ2n) is 2.55. The Morgan fingerprint density at radius 1 is 1.36 bits per heavy atom. The van der Waals surface area contributed by atoms with Crippen molar-refractivity contribution >= 4 is 23.7 Å². The van der Waals surface area contributed by atoms with Crippen LogP contribution in [0.15, 0.2) is 0 Å². The van der Waals surface area contributed by atoms with Crippen LogP contribution in [0.25, 0.3) is 0 Å². The Balaban J connectivity index is 3.45. The van der Waals surface area contributed by atoms with Crippen molar-refractivity contribution in [3.8, 4) is 0 Å². The Bertz CT molecular complexity index is 198. The number of nitrogens with two attached hydrogens (primary N) is 1. The van der Waals surface area contributed by atoms with Gasteiger partial charge in [-0.3, -0.25) is 9.59 Å². The molecule has 0 fully saturated rings. The minimum absolute atomic E-state index is 0.276. The molecule has 2 N–H and O–H groups in total. The van der Waals surface area contributed by atoms with Gasteiger partial charge in [0.1, 0.15) is 6.04 Å². The molecule has 0 spiro atoms. The first kappa shape index (κ1) is 13.2. The smallest absolute Gasteiger partial charge is 0.322 e. The van der Waals surface area contributed by atoms with Crippen molar-refractivity contribution in [2.45, 2.75) is 12.5 Å². The molecule has 0 radical (unpaired) electrons. The monoisotopic (exact) mass is 221 g/mol. The number of rotatable bonds is 6. The Labute approximate surface area is 87.3 Å². The van der Waals surface area contributed by atoms with Crippen LogP contribution in [0, 0.1) is 0 Å². The summed E-state index contributed by atoms with van der Waals surface area (Å²) < 4.78 is 8.89. The zero-order valence-corrected chi connectivity index (χ0v) is 9.13. The molecule has 0 saturated heterocycles. The second kappa shape index (κ2) is 7.64. The summed E-state index contributed by atoms with van der Waals surface area (Å²) in [5.41, 5.74) is 5.47. The highest BCUT2D eigenvalue weighted by atomic mass is 32.2. The third kappa shape index (κ3) is 5.82. The van der Waals surface area contributed by atoms with Gasteiger partial charge in [-0.05, 0) is 12.2 Å². The Morgan fingerprint density at radius 2 is 2.00 bits per heavy atom. The van der Waals surface area contributed by atoms with Crippen LogP contribution in [0.1, 0.15) is 6.42 Å². The van der Waals surface area contributed by atoms with E-state index in [2.05, 4.69) is 9.47 Å². The summed E-state index contributed by atoms with van der Waals surface area (Å²) in [7, 11) is 2.63. The molecule has 1 atom stereocenters. The summed E-state index contributed by atoms with van der Waals surface area (Å²) in [5.74, 6) is 0.209. The SMILES string of the molecule is COC(=O)CSCCC(N)C(=O)OC. The molecule has 0 amide bonds. The molecule has 0 aliphatic heterocycles. The quantitative estimate of drug-likeness (QED) is 0.493. The van der Waals surface area contributed by atoms with Gasteiger partial charge in [0.2, 0.25) is 0 Å². The molecule has 0 bridgehead atoms. The fourth-order valence-corrected chi connectivity index (χ4v) is 1.54. The van der Waals surface area contributed by atoms with Gasteiger partial charge in [-0.25, -0.2) is 0 Å². The molecule has 0 rings (SSSR count). The molecule has 0 aliphatic carbocycles. The van der Waals surface area contributed by atoms with Gasteiger partial charge in [0.15, 0.2) is 0 Å². The number of esters is 2. The summed E-state index contributed by atoms with van der Waals surface area (Å²) >= 11 is 1.38. The first-order valence-electron chi connectivity index (χ1n) is 4.09. The van der Waals surface area contributed by atoms with E-state index < -0.39 is 12.0 Å². The predicted octanol–water partition coefficient (Wildman–Crippen LogP) is -0.217. The standard InChI is InChI=1S/C8H15NO4S/c1-12-7(10)5-14-4-3-6(9)8(11)13-2/h6H,3-5,9H2,1-2H3. The number of carbonyl (C=O) groups is 2. The van der Waals surface area contributed by atoms with Gasteiger partial charge >= 0.3 is 11.9 Å². The summed E-state index contributed by atoms with van der Waals surface area (Å²) in [6.07, 6.45) is 0.494. The van der Waals surface area contributed by atoms with E-state index >= 15 is 0 Å². The summed E-state index contributed by atoms with van der Waals surface area (Å²) in [6, 6.07) is -0.606. The van der Waals surface area contributed by atoms with Gasteiger partial charge in [0.05, 0.1) is 20.0 Å². The van der Waals surface area contributed by atoms with Crippen molar-refractivity contribution < 1.29 is 19.1 Å². The predicted molar refractivity (Wildman–Crippen MR) is 53.9 cm³/mol. The minimum atomic E-state index is -0.606. The van der Waals surface area contributed by atoms with Crippen molar-refractivity contribution in [2.75, 3.05) is 25.7 Å². The lowest BCUT2D eigenvalue weighted by atomic mass is 10.2. The molecule has 0 aromatic carbocycles. The van der Waals surface area contributed by atoms with Crippen LogP contribution in [0.2, 0.25) is 0 Å². The van der Waals surface area contributed by atoms with E-state index in [4.69, 9.17) is 5.73 Å². The van der Waals surface area contributed by atoms with Gasteiger partial charge in [-0.1, -0.05) is 0 Å². The molecule has 5 nitrogen and oxygen atoms in total. The van der Waals surface area contributed by atoms with Crippen molar-refractivity contribution in [1.29, 1.82) is 0 Å². The normalized spacial score (nSPS) is 11.9. The van der Waals surface area contributed by atoms with Gasteiger partial charge < -0.3 is 15.2 Å². The summed E-state index contributed by atoms with van der Waals surface area (Å²) in [5, 5.41) is 0. The Morgan fingerprint density at radius 3 is 2.50 bits per heavy atom. The van der Waals surface area contributed by atoms with Crippen molar-refractivity contribution in [2.24, 2.45) is 5.73 Å². The number of hydrogen-bond acceptors (Lipinski definition) is 6. The van der Waals surface area contributed by atoms with E-state index in [9.17, 15) is 9.59 Å². The van der Waals surface area contributed by atoms with E-state index in [0.29, 0.717) is 12.2 Å². The molecule has 0 aromatic rings. The van der Waals surface area contributed by atoms with Gasteiger partial charge in [-0.2, -0.15) is 11.8 Å². The zero-order chi connectivity index (χ0) is 11.0. The molecule has 14 heavy (non-hydrogen) atoms. The lowest BCUT2D eigenvalue weighted by Crippen LogP contribution is -2.32. The van der Waals surface area contributed by atoms with Gasteiger partial charge in [0, 0.05) is 0 Å². The maximum Gasteiger partial charge on any atom is 0.322 e. The average Bonchev–Trinajstić information content (AvgIpc) is 2.22. The molecule has 0 saturated carbocycles. The number of hydrogen-bond donors (Lipinski definition) is 1. The maximum atomic E-state index is 10.8. The topological polar surface area (TPSA) is 78.6 Å². The molecule has 82 valence electrons. The van der Waals surface area contributed by atoms with E-state index in [1.165, 1.54) is 26.0 Å². The fraction of sp³-hybridized carbons (Fsp3) is 0.750. The van der Waals surface area contributed by atoms with Crippen LogP contribution in [0.5, 0.6) is 0 Å². The van der Waals surface area contributed by atoms with E-state index in [-0.39, 0.29) is 11.7 Å². The van der Waals surface area contributed by atoms with Crippen LogP contribution < -0.4 is 5.73 Å². The van der Waals surface area contributed by atoms with Gasteiger partial charge in [-0.15, -0.1) is 0 Å². The first-order valence-corrected chi connectivity index (χ1v) is 5.25. The minimum Gasteiger partial charge on any atom is -0.468 e. The molecule has 0 aromatic heterocycles. The second-order valence-corrected chi connectivity index (χ2v) is 3.65. The highest BCUT2D eigenvalue weighted by Crippen LogP contribution is 2.05. The van der Waals surface area contributed by atoms with E-state index in [1.54, 1.807) is 0 Å². The highest BCUT2D eigenvalue weighted by Gasteiger charge is 2.13. The molecular weight excluding hydrogens is 206 g/mol. The van der Waals surface area contributed by atoms with Crippen molar-refractivity contribution in [3.63, 3.8) is 0 Å². The van der Waals surface area contributed by atoms with Crippen LogP contribution in [0.4, 0.5) is 0 Å². The number of thioether (sulfide) groups is 1. The third-order valence-corrected chi connectivity index (χ3v) is 2.49. The summed E-state index contributed by atoms with van der Waals surface area (Å²) in [4.78, 5) is 21.5. The Hall–Kier alpha value is -0.750. The third-order valence-electron chi connectivity index (χ3n) is 1.52. The van der Waals surface area contributed by atoms with Crippen LogP contribution >= 0.6 is 11.8 Å². The zero-order valence-electron chi connectivity index (χ0n) is 8.32. The first-order chi connectivity index (χ1) is 6.61. The largest absolute Gasteiger partial charge is 0.468 e. The van der Waals surface area contributed by atoms with Crippen LogP contribution in [0.3, 0.4) is 0 Å². The van der Waals surface area contributed by atoms with E-state index in [1.807, 2.05) is 0 Å². The van der Waals surface area contributed by atoms with Crippen LogP contribution in [-0.4, -0.2) is 43.7 Å². The number of methoxy groups -OCH3 is 2. The van der Waals surface area contributed by atoms with Crippen LogP contribution in [-0.2, 0) is 19.1 Å². The number of carbonyl (C=O) groups excluding carboxylic acids is 2. The Kier molecular flexibility index (Phi) is 7.23. The van der Waals surface area contributed by atoms with Gasteiger partial charge in [0.25, 0.3) is 0 Å². The molecule has 6 heteroatoms. The average molecular weight is 221 g/mol. The molecular formula is C8H15NO4S. The lowest BCUT2D eigenvalue weighted by Gasteiger charge is -2.07. The van der Waals surface area contributed by atoms with Crippen molar-refractivity contribution in [3.05, 3.63) is 0 Å². The molecule has 0 heterocycles.